The Balaban J connectivity index is 1.90. The first-order chi connectivity index (χ1) is 16.6. The lowest BCUT2D eigenvalue weighted by Crippen LogP contribution is -2.53. The van der Waals surface area contributed by atoms with Crippen LogP contribution in [0.2, 0.25) is 0 Å². The van der Waals surface area contributed by atoms with Gasteiger partial charge in [-0.05, 0) is 50.8 Å². The topological polar surface area (TPSA) is 86.8 Å². The number of benzene rings is 2. The van der Waals surface area contributed by atoms with Crippen molar-refractivity contribution < 1.29 is 18.0 Å². The van der Waals surface area contributed by atoms with Gasteiger partial charge < -0.3 is 10.2 Å². The predicted molar refractivity (Wildman–Crippen MR) is 140 cm³/mol. The van der Waals surface area contributed by atoms with Crippen LogP contribution in [0, 0.1) is 13.8 Å². The molecule has 1 aliphatic carbocycles. The Morgan fingerprint density at radius 3 is 2.03 bits per heavy atom. The minimum absolute atomic E-state index is 0.132. The molecule has 190 valence electrons. The van der Waals surface area contributed by atoms with Gasteiger partial charge in [0, 0.05) is 12.6 Å². The van der Waals surface area contributed by atoms with Crippen molar-refractivity contribution in [3.63, 3.8) is 0 Å². The molecule has 0 heterocycles. The van der Waals surface area contributed by atoms with Crippen molar-refractivity contribution in [1.82, 2.24) is 10.2 Å². The molecule has 0 aliphatic heterocycles. The maximum atomic E-state index is 13.7. The van der Waals surface area contributed by atoms with Gasteiger partial charge in [0.2, 0.25) is 21.8 Å². The second kappa shape index (κ2) is 11.7. The van der Waals surface area contributed by atoms with E-state index in [1.807, 2.05) is 57.2 Å². The fourth-order valence-corrected chi connectivity index (χ4v) is 5.35. The highest BCUT2D eigenvalue weighted by Gasteiger charge is 2.33. The van der Waals surface area contributed by atoms with E-state index >= 15 is 0 Å². The summed E-state index contributed by atoms with van der Waals surface area (Å²) >= 11 is 0. The lowest BCUT2D eigenvalue weighted by atomic mass is 10.1. The van der Waals surface area contributed by atoms with Gasteiger partial charge in [0.1, 0.15) is 12.6 Å². The van der Waals surface area contributed by atoms with Gasteiger partial charge in [0.15, 0.2) is 0 Å². The molecule has 1 fully saturated rings. The Bertz CT molecular complexity index is 1110. The van der Waals surface area contributed by atoms with Crippen LogP contribution in [0.4, 0.5) is 5.69 Å². The van der Waals surface area contributed by atoms with E-state index in [0.717, 1.165) is 52.9 Å². The van der Waals surface area contributed by atoms with Gasteiger partial charge in [-0.15, -0.1) is 0 Å². The smallest absolute Gasteiger partial charge is 0.244 e. The molecule has 1 atom stereocenters. The van der Waals surface area contributed by atoms with Crippen LogP contribution in [0.15, 0.2) is 48.5 Å². The number of aryl methyl sites for hydroxylation is 2. The zero-order valence-electron chi connectivity index (χ0n) is 21.2. The number of rotatable bonds is 10. The largest absolute Gasteiger partial charge is 0.352 e. The molecule has 8 heteroatoms. The molecule has 1 saturated carbocycles. The van der Waals surface area contributed by atoms with Crippen LogP contribution in [0.1, 0.15) is 55.7 Å². The Morgan fingerprint density at radius 2 is 1.51 bits per heavy atom. The van der Waals surface area contributed by atoms with Crippen molar-refractivity contribution in [2.45, 2.75) is 71.5 Å². The number of hydrogen-bond acceptors (Lipinski definition) is 4. The maximum Gasteiger partial charge on any atom is 0.244 e. The highest BCUT2D eigenvalue weighted by Crippen LogP contribution is 2.22. The van der Waals surface area contributed by atoms with Gasteiger partial charge in [-0.1, -0.05) is 67.3 Å². The minimum atomic E-state index is -3.72. The monoisotopic (exact) mass is 499 g/mol. The van der Waals surface area contributed by atoms with Gasteiger partial charge in [-0.25, -0.2) is 8.42 Å². The molecule has 0 aromatic heterocycles. The quantitative estimate of drug-likeness (QED) is 0.537. The summed E-state index contributed by atoms with van der Waals surface area (Å²) in [6.07, 6.45) is 5.60. The SMILES string of the molecule is CCC(C(=O)NC1CCCC1)N(Cc1ccc(C)cc1)C(=O)CN(c1ccc(C)cc1)S(C)(=O)=O. The van der Waals surface area contributed by atoms with Crippen molar-refractivity contribution in [3.8, 4) is 0 Å². The molecule has 1 aliphatic rings. The van der Waals surface area contributed by atoms with Gasteiger partial charge in [0.25, 0.3) is 0 Å². The van der Waals surface area contributed by atoms with Crippen molar-refractivity contribution >= 4 is 27.5 Å². The zero-order chi connectivity index (χ0) is 25.6. The van der Waals surface area contributed by atoms with E-state index in [1.54, 1.807) is 12.1 Å². The molecule has 1 N–H and O–H groups in total. The summed E-state index contributed by atoms with van der Waals surface area (Å²) in [5, 5.41) is 3.12. The fraction of sp³-hybridized carbons (Fsp3) is 0.481. The molecule has 0 saturated heterocycles. The molecule has 3 rings (SSSR count). The van der Waals surface area contributed by atoms with E-state index in [9.17, 15) is 18.0 Å². The molecule has 2 aromatic rings. The average molecular weight is 500 g/mol. The van der Waals surface area contributed by atoms with Crippen LogP contribution in [0.5, 0.6) is 0 Å². The maximum absolute atomic E-state index is 13.7. The summed E-state index contributed by atoms with van der Waals surface area (Å²) < 4.78 is 26.4. The van der Waals surface area contributed by atoms with Crippen LogP contribution < -0.4 is 9.62 Å². The Labute approximate surface area is 209 Å². The van der Waals surface area contributed by atoms with Gasteiger partial charge in [-0.2, -0.15) is 0 Å². The van der Waals surface area contributed by atoms with Gasteiger partial charge in [-0.3, -0.25) is 13.9 Å². The first-order valence-corrected chi connectivity index (χ1v) is 14.1. The van der Waals surface area contributed by atoms with Crippen molar-refractivity contribution in [3.05, 3.63) is 65.2 Å². The van der Waals surface area contributed by atoms with E-state index < -0.39 is 22.0 Å². The van der Waals surface area contributed by atoms with Crippen LogP contribution in [0.25, 0.3) is 0 Å². The fourth-order valence-electron chi connectivity index (χ4n) is 4.50. The van der Waals surface area contributed by atoms with E-state index in [2.05, 4.69) is 5.32 Å². The number of sulfonamides is 1. The van der Waals surface area contributed by atoms with Gasteiger partial charge in [0.05, 0.1) is 11.9 Å². The lowest BCUT2D eigenvalue weighted by Gasteiger charge is -2.33. The van der Waals surface area contributed by atoms with Crippen LogP contribution in [-0.4, -0.2) is 50.0 Å². The average Bonchev–Trinajstić information content (AvgIpc) is 3.31. The predicted octanol–water partition coefficient (Wildman–Crippen LogP) is 3.94. The Kier molecular flexibility index (Phi) is 8.94. The van der Waals surface area contributed by atoms with E-state index in [1.165, 1.54) is 4.90 Å². The second-order valence-corrected chi connectivity index (χ2v) is 11.4. The molecule has 35 heavy (non-hydrogen) atoms. The third-order valence-electron chi connectivity index (χ3n) is 6.56. The number of hydrogen-bond donors (Lipinski definition) is 1. The summed E-state index contributed by atoms with van der Waals surface area (Å²) in [6.45, 7) is 5.63. The molecule has 0 radical (unpaired) electrons. The van der Waals surface area contributed by atoms with E-state index in [4.69, 9.17) is 0 Å². The van der Waals surface area contributed by atoms with Crippen LogP contribution in [0.3, 0.4) is 0 Å². The second-order valence-electron chi connectivity index (χ2n) is 9.53. The molecular formula is C27H37N3O4S. The molecule has 2 amide bonds. The number of amides is 2. The van der Waals surface area contributed by atoms with Crippen LogP contribution >= 0.6 is 0 Å². The molecule has 1 unspecified atom stereocenters. The Hall–Kier alpha value is -2.87. The molecule has 0 bridgehead atoms. The van der Waals surface area contributed by atoms with Crippen molar-refractivity contribution in [2.24, 2.45) is 0 Å². The van der Waals surface area contributed by atoms with Crippen molar-refractivity contribution in [1.29, 1.82) is 0 Å². The minimum Gasteiger partial charge on any atom is -0.352 e. The summed E-state index contributed by atoms with van der Waals surface area (Å²) in [6, 6.07) is 14.3. The number of nitrogens with one attached hydrogen (secondary N) is 1. The summed E-state index contributed by atoms with van der Waals surface area (Å²) in [4.78, 5) is 28.5. The van der Waals surface area contributed by atoms with Gasteiger partial charge >= 0.3 is 0 Å². The highest BCUT2D eigenvalue weighted by atomic mass is 32.2. The molecular weight excluding hydrogens is 462 g/mol. The third kappa shape index (κ3) is 7.31. The highest BCUT2D eigenvalue weighted by molar-refractivity contribution is 7.92. The molecule has 7 nitrogen and oxygen atoms in total. The number of carbonyl (C=O) groups is 2. The Morgan fingerprint density at radius 1 is 0.971 bits per heavy atom. The van der Waals surface area contributed by atoms with Crippen LogP contribution in [-0.2, 0) is 26.2 Å². The normalized spacial score (nSPS) is 15.0. The number of nitrogens with zero attached hydrogens (tertiary/aromatic N) is 2. The van der Waals surface area contributed by atoms with E-state index in [0.29, 0.717) is 12.1 Å². The number of anilines is 1. The van der Waals surface area contributed by atoms with Crippen molar-refractivity contribution in [2.75, 3.05) is 17.1 Å². The molecule has 2 aromatic carbocycles. The summed E-state index contributed by atoms with van der Waals surface area (Å²) in [5.74, 6) is -0.592. The summed E-state index contributed by atoms with van der Waals surface area (Å²) in [7, 11) is -3.72. The number of carbonyl (C=O) groups excluding carboxylic acids is 2. The first-order valence-electron chi connectivity index (χ1n) is 12.3. The summed E-state index contributed by atoms with van der Waals surface area (Å²) in [5.41, 5.74) is 3.40. The zero-order valence-corrected chi connectivity index (χ0v) is 22.0. The third-order valence-corrected chi connectivity index (χ3v) is 7.70. The lowest BCUT2D eigenvalue weighted by molar-refractivity contribution is -0.140. The standard InChI is InChI=1S/C27H37N3O4S/c1-5-25(27(32)28-23-8-6-7-9-23)29(18-22-14-10-20(2)11-15-22)26(31)19-30(35(4,33)34)24-16-12-21(3)13-17-24/h10-17,23,25H,5-9,18-19H2,1-4H3,(H,28,32). The first kappa shape index (κ1) is 26.7. The van der Waals surface area contributed by atoms with E-state index in [-0.39, 0.29) is 25.0 Å². The molecule has 0 spiro atoms.